The van der Waals surface area contributed by atoms with E-state index in [2.05, 4.69) is 5.32 Å². The fourth-order valence-electron chi connectivity index (χ4n) is 1.77. The van der Waals surface area contributed by atoms with Crippen LogP contribution in [-0.2, 0) is 11.2 Å². The van der Waals surface area contributed by atoms with Crippen LogP contribution in [0.5, 0.6) is 0 Å². The van der Waals surface area contributed by atoms with E-state index < -0.39 is 12.8 Å². The summed E-state index contributed by atoms with van der Waals surface area (Å²) < 4.78 is 40.7. The Morgan fingerprint density at radius 3 is 2.42 bits per heavy atom. The number of nitrogens with one attached hydrogen (secondary N) is 1. The second-order valence-electron chi connectivity index (χ2n) is 4.38. The lowest BCUT2D eigenvalue weighted by atomic mass is 10.00. The van der Waals surface area contributed by atoms with Gasteiger partial charge in [-0.2, -0.15) is 13.2 Å². The molecule has 0 saturated heterocycles. The summed E-state index contributed by atoms with van der Waals surface area (Å²) in [5.41, 5.74) is 1.03. The molecule has 6 heteroatoms. The second-order valence-corrected chi connectivity index (χ2v) is 4.82. The van der Waals surface area contributed by atoms with Gasteiger partial charge in [0.1, 0.15) is 6.61 Å². The van der Waals surface area contributed by atoms with Gasteiger partial charge in [0.05, 0.1) is 6.61 Å². The SMILES string of the molecule is CNCC(COCC(F)(F)F)Cc1ccc(Cl)cc1. The Balaban J connectivity index is 2.45. The first kappa shape index (κ1) is 16.3. The lowest BCUT2D eigenvalue weighted by molar-refractivity contribution is -0.176. The third kappa shape index (κ3) is 7.40. The predicted molar refractivity (Wildman–Crippen MR) is 69.4 cm³/mol. The number of alkyl halides is 3. The molecule has 0 aliphatic carbocycles. The van der Waals surface area contributed by atoms with Crippen molar-refractivity contribution in [2.45, 2.75) is 12.6 Å². The van der Waals surface area contributed by atoms with Crippen molar-refractivity contribution in [1.29, 1.82) is 0 Å². The van der Waals surface area contributed by atoms with E-state index in [9.17, 15) is 13.2 Å². The Bertz CT molecular complexity index is 367. The molecule has 1 aromatic rings. The van der Waals surface area contributed by atoms with E-state index >= 15 is 0 Å². The number of ether oxygens (including phenoxy) is 1. The van der Waals surface area contributed by atoms with Gasteiger partial charge in [-0.1, -0.05) is 23.7 Å². The molecular weight excluding hydrogens is 279 g/mol. The van der Waals surface area contributed by atoms with Crippen molar-refractivity contribution in [3.8, 4) is 0 Å². The molecule has 1 atom stereocenters. The van der Waals surface area contributed by atoms with E-state index in [0.717, 1.165) is 5.56 Å². The van der Waals surface area contributed by atoms with Gasteiger partial charge in [-0.3, -0.25) is 0 Å². The molecule has 1 rings (SSSR count). The Morgan fingerprint density at radius 2 is 1.89 bits per heavy atom. The molecule has 1 unspecified atom stereocenters. The second kappa shape index (κ2) is 7.72. The van der Waals surface area contributed by atoms with E-state index in [0.29, 0.717) is 18.0 Å². The minimum atomic E-state index is -4.27. The van der Waals surface area contributed by atoms with Crippen molar-refractivity contribution in [3.05, 3.63) is 34.9 Å². The van der Waals surface area contributed by atoms with Crippen LogP contribution in [0.1, 0.15) is 5.56 Å². The monoisotopic (exact) mass is 295 g/mol. The summed E-state index contributed by atoms with van der Waals surface area (Å²) in [6, 6.07) is 7.28. The molecule has 0 aliphatic rings. The molecule has 1 N–H and O–H groups in total. The van der Waals surface area contributed by atoms with Crippen molar-refractivity contribution in [3.63, 3.8) is 0 Å². The Morgan fingerprint density at radius 1 is 1.26 bits per heavy atom. The molecular formula is C13H17ClF3NO. The molecule has 0 bridgehead atoms. The molecule has 0 spiro atoms. The fourth-order valence-corrected chi connectivity index (χ4v) is 1.90. The van der Waals surface area contributed by atoms with Gasteiger partial charge in [0, 0.05) is 11.6 Å². The van der Waals surface area contributed by atoms with Crippen LogP contribution >= 0.6 is 11.6 Å². The zero-order valence-electron chi connectivity index (χ0n) is 10.6. The average molecular weight is 296 g/mol. The van der Waals surface area contributed by atoms with Crippen LogP contribution in [0.4, 0.5) is 13.2 Å². The minimum Gasteiger partial charge on any atom is -0.372 e. The summed E-state index contributed by atoms with van der Waals surface area (Å²) in [5.74, 6) is -0.00599. The highest BCUT2D eigenvalue weighted by atomic mass is 35.5. The molecule has 0 aromatic heterocycles. The van der Waals surface area contributed by atoms with Crippen LogP contribution in [0.25, 0.3) is 0 Å². The highest BCUT2D eigenvalue weighted by molar-refractivity contribution is 6.30. The van der Waals surface area contributed by atoms with Crippen molar-refractivity contribution in [2.75, 3.05) is 26.8 Å². The highest BCUT2D eigenvalue weighted by Gasteiger charge is 2.27. The number of benzene rings is 1. The maximum atomic E-state index is 12.0. The first-order chi connectivity index (χ1) is 8.90. The molecule has 0 saturated carbocycles. The lowest BCUT2D eigenvalue weighted by Crippen LogP contribution is -2.27. The number of hydrogen-bond donors (Lipinski definition) is 1. The smallest absolute Gasteiger partial charge is 0.372 e. The Labute approximate surface area is 115 Å². The normalized spacial score (nSPS) is 13.5. The highest BCUT2D eigenvalue weighted by Crippen LogP contribution is 2.17. The van der Waals surface area contributed by atoms with E-state index in [1.54, 1.807) is 19.2 Å². The molecule has 108 valence electrons. The third-order valence-corrected chi connectivity index (χ3v) is 2.80. The average Bonchev–Trinajstić information content (AvgIpc) is 2.30. The number of hydrogen-bond acceptors (Lipinski definition) is 2. The summed E-state index contributed by atoms with van der Waals surface area (Å²) in [6.07, 6.45) is -3.62. The van der Waals surface area contributed by atoms with Crippen LogP contribution in [-0.4, -0.2) is 33.0 Å². The minimum absolute atomic E-state index is 0.00599. The topological polar surface area (TPSA) is 21.3 Å². The molecule has 0 fully saturated rings. The van der Waals surface area contributed by atoms with E-state index in [-0.39, 0.29) is 12.5 Å². The van der Waals surface area contributed by atoms with Crippen molar-refractivity contribution in [1.82, 2.24) is 5.32 Å². The van der Waals surface area contributed by atoms with Crippen molar-refractivity contribution < 1.29 is 17.9 Å². The van der Waals surface area contributed by atoms with Gasteiger partial charge >= 0.3 is 6.18 Å². The number of rotatable bonds is 7. The maximum absolute atomic E-state index is 12.0. The van der Waals surface area contributed by atoms with Gasteiger partial charge in [0.15, 0.2) is 0 Å². The first-order valence-electron chi connectivity index (χ1n) is 5.94. The third-order valence-electron chi connectivity index (χ3n) is 2.55. The van der Waals surface area contributed by atoms with Gasteiger partial charge in [-0.05, 0) is 37.1 Å². The molecule has 0 radical (unpaired) electrons. The summed E-state index contributed by atoms with van der Waals surface area (Å²) in [6.45, 7) is -0.530. The molecule has 0 amide bonds. The zero-order chi connectivity index (χ0) is 14.3. The summed E-state index contributed by atoms with van der Waals surface area (Å²) in [7, 11) is 1.76. The van der Waals surface area contributed by atoms with Crippen LogP contribution in [0.2, 0.25) is 5.02 Å². The molecule has 2 nitrogen and oxygen atoms in total. The van der Waals surface area contributed by atoms with Gasteiger partial charge in [-0.25, -0.2) is 0 Å². The summed E-state index contributed by atoms with van der Waals surface area (Å²) >= 11 is 5.78. The van der Waals surface area contributed by atoms with Gasteiger partial charge in [0.2, 0.25) is 0 Å². The zero-order valence-corrected chi connectivity index (χ0v) is 11.4. The first-order valence-corrected chi connectivity index (χ1v) is 6.32. The van der Waals surface area contributed by atoms with Crippen LogP contribution in [0, 0.1) is 5.92 Å². The Kier molecular flexibility index (Phi) is 6.62. The van der Waals surface area contributed by atoms with Crippen molar-refractivity contribution in [2.24, 2.45) is 5.92 Å². The number of halogens is 4. The lowest BCUT2D eigenvalue weighted by Gasteiger charge is -2.17. The van der Waals surface area contributed by atoms with E-state index in [1.165, 1.54) is 0 Å². The van der Waals surface area contributed by atoms with E-state index in [1.807, 2.05) is 12.1 Å². The van der Waals surface area contributed by atoms with Crippen LogP contribution in [0.15, 0.2) is 24.3 Å². The standard InChI is InChI=1S/C13H17ClF3NO/c1-18-7-11(8-19-9-13(15,16)17)6-10-2-4-12(14)5-3-10/h2-5,11,18H,6-9H2,1H3. The quantitative estimate of drug-likeness (QED) is 0.833. The van der Waals surface area contributed by atoms with Crippen LogP contribution < -0.4 is 5.32 Å². The van der Waals surface area contributed by atoms with Gasteiger partial charge in [-0.15, -0.1) is 0 Å². The van der Waals surface area contributed by atoms with Gasteiger partial charge < -0.3 is 10.1 Å². The van der Waals surface area contributed by atoms with Crippen LogP contribution in [0.3, 0.4) is 0 Å². The Hall–Kier alpha value is -0.780. The molecule has 0 aliphatic heterocycles. The van der Waals surface area contributed by atoms with E-state index in [4.69, 9.17) is 16.3 Å². The summed E-state index contributed by atoms with van der Waals surface area (Å²) in [5, 5.41) is 3.60. The molecule has 19 heavy (non-hydrogen) atoms. The summed E-state index contributed by atoms with van der Waals surface area (Å²) in [4.78, 5) is 0. The predicted octanol–water partition coefficient (Wildman–Crippen LogP) is 3.30. The van der Waals surface area contributed by atoms with Crippen molar-refractivity contribution >= 4 is 11.6 Å². The molecule has 1 aromatic carbocycles. The fraction of sp³-hybridized carbons (Fsp3) is 0.538. The largest absolute Gasteiger partial charge is 0.411 e. The maximum Gasteiger partial charge on any atom is 0.411 e. The molecule has 0 heterocycles. The van der Waals surface area contributed by atoms with Gasteiger partial charge in [0.25, 0.3) is 0 Å².